The van der Waals surface area contributed by atoms with Crippen LogP contribution in [-0.2, 0) is 4.79 Å². The van der Waals surface area contributed by atoms with Gasteiger partial charge in [0.05, 0.1) is 6.54 Å². The first-order valence-corrected chi connectivity index (χ1v) is 4.13. The number of carbonyl (C=O) groups is 1. The average molecular weight is 180 g/mol. The summed E-state index contributed by atoms with van der Waals surface area (Å²) in [4.78, 5) is 15.2. The Labute approximate surface area is 79.3 Å². The van der Waals surface area contributed by atoms with Crippen LogP contribution in [0.25, 0.3) is 0 Å². The van der Waals surface area contributed by atoms with Crippen molar-refractivity contribution < 1.29 is 4.79 Å². The number of nitrogens with one attached hydrogen (secondary N) is 1. The van der Waals surface area contributed by atoms with E-state index in [0.29, 0.717) is 12.1 Å². The number of rotatable bonds is 5. The lowest BCUT2D eigenvalue weighted by Gasteiger charge is -1.98. The van der Waals surface area contributed by atoms with Gasteiger partial charge < -0.3 is 5.32 Å². The summed E-state index contributed by atoms with van der Waals surface area (Å²) in [5.41, 5.74) is 1.49. The fourth-order valence-corrected chi connectivity index (χ4v) is 0.875. The van der Waals surface area contributed by atoms with E-state index in [2.05, 4.69) is 16.9 Å². The lowest BCUT2D eigenvalue weighted by molar-refractivity contribution is -0.114. The molecule has 0 saturated heterocycles. The molecular weight excluding hydrogens is 164 g/mol. The van der Waals surface area contributed by atoms with E-state index in [1.165, 1.54) is 6.20 Å². The van der Waals surface area contributed by atoms with Gasteiger partial charge in [-0.25, -0.2) is 0 Å². The summed E-state index contributed by atoms with van der Waals surface area (Å²) < 4.78 is 0. The SMILES string of the molecule is C=CN=C(C)/C=C(\C)C(=O)CNC. The third-order valence-electron chi connectivity index (χ3n) is 1.50. The molecule has 0 saturated carbocycles. The highest BCUT2D eigenvalue weighted by molar-refractivity contribution is 6.04. The fourth-order valence-electron chi connectivity index (χ4n) is 0.875. The zero-order chi connectivity index (χ0) is 10.3. The first-order valence-electron chi connectivity index (χ1n) is 4.13. The molecule has 0 unspecified atom stereocenters. The Morgan fingerprint density at radius 3 is 2.62 bits per heavy atom. The Morgan fingerprint density at radius 1 is 1.54 bits per heavy atom. The van der Waals surface area contributed by atoms with Crippen LogP contribution in [0.4, 0.5) is 0 Å². The number of hydrogen-bond acceptors (Lipinski definition) is 3. The number of Topliss-reactive ketones (excluding diaryl/α,β-unsaturated/α-hetero) is 1. The second-order valence-electron chi connectivity index (χ2n) is 2.73. The molecule has 0 amide bonds. The maximum atomic E-state index is 11.3. The van der Waals surface area contributed by atoms with Crippen molar-refractivity contribution in [3.05, 3.63) is 24.4 Å². The Morgan fingerprint density at radius 2 is 2.15 bits per heavy atom. The van der Waals surface area contributed by atoms with Crippen LogP contribution >= 0.6 is 0 Å². The first kappa shape index (κ1) is 11.8. The maximum absolute atomic E-state index is 11.3. The summed E-state index contributed by atoms with van der Waals surface area (Å²) in [5, 5.41) is 2.80. The van der Waals surface area contributed by atoms with E-state index in [1.807, 2.05) is 6.92 Å². The predicted octanol–water partition coefficient (Wildman–Crippen LogP) is 1.33. The number of hydrogen-bond donors (Lipinski definition) is 1. The molecule has 0 aromatic carbocycles. The molecule has 72 valence electrons. The fraction of sp³-hybridized carbons (Fsp3) is 0.400. The minimum Gasteiger partial charge on any atom is -0.313 e. The third-order valence-corrected chi connectivity index (χ3v) is 1.50. The molecule has 0 bridgehead atoms. The second-order valence-corrected chi connectivity index (χ2v) is 2.73. The van der Waals surface area contributed by atoms with Gasteiger partial charge in [0, 0.05) is 11.9 Å². The molecule has 3 nitrogen and oxygen atoms in total. The van der Waals surface area contributed by atoms with E-state index >= 15 is 0 Å². The number of ketones is 1. The molecule has 13 heavy (non-hydrogen) atoms. The Kier molecular flexibility index (Phi) is 5.72. The molecule has 0 radical (unpaired) electrons. The van der Waals surface area contributed by atoms with Crippen LogP contribution in [0.2, 0.25) is 0 Å². The molecule has 0 aromatic heterocycles. The topological polar surface area (TPSA) is 41.5 Å². The molecule has 0 fully saturated rings. The second kappa shape index (κ2) is 6.31. The highest BCUT2D eigenvalue weighted by Gasteiger charge is 2.01. The monoisotopic (exact) mass is 180 g/mol. The van der Waals surface area contributed by atoms with Crippen LogP contribution in [0.1, 0.15) is 13.8 Å². The zero-order valence-corrected chi connectivity index (χ0v) is 8.42. The van der Waals surface area contributed by atoms with Crippen molar-refractivity contribution in [2.75, 3.05) is 13.6 Å². The average Bonchev–Trinajstić information content (AvgIpc) is 2.05. The van der Waals surface area contributed by atoms with Crippen molar-refractivity contribution >= 4 is 11.5 Å². The standard InChI is InChI=1S/C10H16N2O/c1-5-12-9(3)6-8(2)10(13)7-11-4/h5-6,11H,1,7H2,2-4H3/b8-6+,12-9?. The van der Waals surface area contributed by atoms with Crippen LogP contribution in [0.3, 0.4) is 0 Å². The van der Waals surface area contributed by atoms with E-state index in [9.17, 15) is 4.79 Å². The van der Waals surface area contributed by atoms with Gasteiger partial charge in [-0.3, -0.25) is 9.79 Å². The van der Waals surface area contributed by atoms with Crippen molar-refractivity contribution in [1.29, 1.82) is 0 Å². The quantitative estimate of drug-likeness (QED) is 0.512. The zero-order valence-electron chi connectivity index (χ0n) is 8.42. The molecule has 0 aliphatic rings. The molecule has 3 heteroatoms. The van der Waals surface area contributed by atoms with Crippen LogP contribution in [0.5, 0.6) is 0 Å². The summed E-state index contributed by atoms with van der Waals surface area (Å²) in [6.07, 6.45) is 3.21. The highest BCUT2D eigenvalue weighted by atomic mass is 16.1. The maximum Gasteiger partial charge on any atom is 0.172 e. The number of allylic oxidation sites excluding steroid dienone is 1. The summed E-state index contributed by atoms with van der Waals surface area (Å²) in [6, 6.07) is 0. The minimum absolute atomic E-state index is 0.0844. The van der Waals surface area contributed by atoms with Crippen molar-refractivity contribution in [2.45, 2.75) is 13.8 Å². The van der Waals surface area contributed by atoms with Gasteiger partial charge in [0.15, 0.2) is 5.78 Å². The van der Waals surface area contributed by atoms with Crippen molar-refractivity contribution in [3.8, 4) is 0 Å². The Balaban J connectivity index is 4.39. The van der Waals surface area contributed by atoms with Gasteiger partial charge in [0.25, 0.3) is 0 Å². The molecule has 0 aromatic rings. The van der Waals surface area contributed by atoms with Gasteiger partial charge in [-0.2, -0.15) is 0 Å². The third kappa shape index (κ3) is 5.09. The van der Waals surface area contributed by atoms with Crippen LogP contribution in [0.15, 0.2) is 29.4 Å². The van der Waals surface area contributed by atoms with Crippen molar-refractivity contribution in [2.24, 2.45) is 4.99 Å². The molecule has 0 aliphatic heterocycles. The number of carbonyl (C=O) groups excluding carboxylic acids is 1. The van der Waals surface area contributed by atoms with Crippen molar-refractivity contribution in [3.63, 3.8) is 0 Å². The molecule has 0 rings (SSSR count). The normalized spacial score (nSPS) is 12.8. The smallest absolute Gasteiger partial charge is 0.172 e. The molecule has 0 heterocycles. The summed E-state index contributed by atoms with van der Waals surface area (Å²) in [6.45, 7) is 7.45. The predicted molar refractivity (Wildman–Crippen MR) is 56.0 cm³/mol. The van der Waals surface area contributed by atoms with Gasteiger partial charge >= 0.3 is 0 Å². The number of nitrogens with zero attached hydrogens (tertiary/aromatic N) is 1. The Hall–Kier alpha value is -1.22. The molecule has 1 N–H and O–H groups in total. The van der Waals surface area contributed by atoms with Crippen LogP contribution in [0, 0.1) is 0 Å². The van der Waals surface area contributed by atoms with E-state index < -0.39 is 0 Å². The highest BCUT2D eigenvalue weighted by Crippen LogP contribution is 1.95. The van der Waals surface area contributed by atoms with Crippen LogP contribution < -0.4 is 5.32 Å². The lowest BCUT2D eigenvalue weighted by atomic mass is 10.1. The largest absolute Gasteiger partial charge is 0.313 e. The summed E-state index contributed by atoms with van der Waals surface area (Å²) in [5.74, 6) is 0.0844. The summed E-state index contributed by atoms with van der Waals surface area (Å²) in [7, 11) is 1.75. The molecule has 0 aliphatic carbocycles. The van der Waals surface area contributed by atoms with Crippen LogP contribution in [-0.4, -0.2) is 25.1 Å². The first-order chi connectivity index (χ1) is 6.11. The van der Waals surface area contributed by atoms with Gasteiger partial charge in [-0.1, -0.05) is 6.58 Å². The van der Waals surface area contributed by atoms with Gasteiger partial charge in [0.1, 0.15) is 0 Å². The van der Waals surface area contributed by atoms with Gasteiger partial charge in [-0.15, -0.1) is 0 Å². The molecule has 0 atom stereocenters. The van der Waals surface area contributed by atoms with E-state index in [4.69, 9.17) is 0 Å². The Bertz CT molecular complexity index is 252. The number of aliphatic imine (C=N–C) groups is 1. The summed E-state index contributed by atoms with van der Waals surface area (Å²) >= 11 is 0. The molecular formula is C10H16N2O. The van der Waals surface area contributed by atoms with E-state index in [1.54, 1.807) is 20.0 Å². The van der Waals surface area contributed by atoms with Gasteiger partial charge in [0.2, 0.25) is 0 Å². The van der Waals surface area contributed by atoms with Crippen molar-refractivity contribution in [1.82, 2.24) is 5.32 Å². The van der Waals surface area contributed by atoms with E-state index in [0.717, 1.165) is 5.71 Å². The van der Waals surface area contributed by atoms with E-state index in [-0.39, 0.29) is 5.78 Å². The minimum atomic E-state index is 0.0844. The molecule has 0 spiro atoms. The van der Waals surface area contributed by atoms with Gasteiger partial charge in [-0.05, 0) is 32.5 Å². The lowest BCUT2D eigenvalue weighted by Crippen LogP contribution is -2.19. The number of likely N-dealkylation sites (N-methyl/N-ethyl adjacent to an activating group) is 1.